The average Bonchev–Trinajstić information content (AvgIpc) is 2.64. The zero-order chi connectivity index (χ0) is 19.5. The maximum absolute atomic E-state index is 12.5. The van der Waals surface area contributed by atoms with Gasteiger partial charge in [-0.2, -0.15) is 0 Å². The van der Waals surface area contributed by atoms with Gasteiger partial charge in [-0.25, -0.2) is 9.59 Å². The zero-order valence-electron chi connectivity index (χ0n) is 15.5. The van der Waals surface area contributed by atoms with Gasteiger partial charge in [-0.3, -0.25) is 4.79 Å². The van der Waals surface area contributed by atoms with Gasteiger partial charge in [-0.1, -0.05) is 63.9 Å². The molecular formula is C19H28N2O5. The Balaban J connectivity index is 2.68. The molecule has 0 fully saturated rings. The van der Waals surface area contributed by atoms with E-state index < -0.39 is 30.1 Å². The molecule has 2 amide bonds. The monoisotopic (exact) mass is 364 g/mol. The van der Waals surface area contributed by atoms with E-state index >= 15 is 0 Å². The van der Waals surface area contributed by atoms with E-state index in [4.69, 9.17) is 4.74 Å². The standard InChI is InChI=1S/C19H28N2O5/c1-4-9-15(18(23)24)20-17(22)16(13(3)5-2)21-19(25)26-12-14-10-7-6-8-11-14/h6-8,10-11,13,15-16H,4-5,9,12H2,1-3H3,(H,20,22)(H,21,25)(H,23,24). The van der Waals surface area contributed by atoms with Crippen LogP contribution in [0.4, 0.5) is 4.79 Å². The molecule has 0 heterocycles. The van der Waals surface area contributed by atoms with Gasteiger partial charge >= 0.3 is 12.1 Å². The molecular weight excluding hydrogens is 336 g/mol. The van der Waals surface area contributed by atoms with Gasteiger partial charge in [0.05, 0.1) is 0 Å². The molecule has 26 heavy (non-hydrogen) atoms. The normalized spacial score (nSPS) is 14.0. The molecule has 7 heteroatoms. The summed E-state index contributed by atoms with van der Waals surface area (Å²) in [6.45, 7) is 5.64. The minimum Gasteiger partial charge on any atom is -0.480 e. The number of benzene rings is 1. The molecule has 0 saturated heterocycles. The second-order valence-corrected chi connectivity index (χ2v) is 6.26. The molecule has 0 aliphatic heterocycles. The van der Waals surface area contributed by atoms with Crippen LogP contribution in [0.1, 0.15) is 45.6 Å². The van der Waals surface area contributed by atoms with E-state index in [-0.39, 0.29) is 12.5 Å². The van der Waals surface area contributed by atoms with Crippen molar-refractivity contribution in [3.8, 4) is 0 Å². The first-order valence-corrected chi connectivity index (χ1v) is 8.89. The Morgan fingerprint density at radius 2 is 1.77 bits per heavy atom. The number of nitrogens with one attached hydrogen (secondary N) is 2. The molecule has 0 spiro atoms. The van der Waals surface area contributed by atoms with Gasteiger partial charge in [-0.05, 0) is 17.9 Å². The van der Waals surface area contributed by atoms with Gasteiger partial charge in [0.1, 0.15) is 18.7 Å². The Morgan fingerprint density at radius 3 is 2.31 bits per heavy atom. The van der Waals surface area contributed by atoms with Crippen LogP contribution in [0, 0.1) is 5.92 Å². The van der Waals surface area contributed by atoms with Crippen LogP contribution in [-0.4, -0.2) is 35.2 Å². The predicted octanol–water partition coefficient (Wildman–Crippen LogP) is 2.70. The van der Waals surface area contributed by atoms with E-state index in [0.717, 1.165) is 5.56 Å². The SMILES string of the molecule is CCCC(NC(=O)C(NC(=O)OCc1ccccc1)C(C)CC)C(=O)O. The van der Waals surface area contributed by atoms with Crippen molar-refractivity contribution in [2.24, 2.45) is 5.92 Å². The summed E-state index contributed by atoms with van der Waals surface area (Å²) < 4.78 is 5.16. The zero-order valence-corrected chi connectivity index (χ0v) is 15.5. The number of carbonyl (C=O) groups excluding carboxylic acids is 2. The van der Waals surface area contributed by atoms with Gasteiger partial charge in [-0.15, -0.1) is 0 Å². The molecule has 0 radical (unpaired) electrons. The highest BCUT2D eigenvalue weighted by Crippen LogP contribution is 2.10. The van der Waals surface area contributed by atoms with Crippen LogP contribution < -0.4 is 10.6 Å². The van der Waals surface area contributed by atoms with Crippen LogP contribution in [-0.2, 0) is 20.9 Å². The predicted molar refractivity (Wildman–Crippen MR) is 97.5 cm³/mol. The summed E-state index contributed by atoms with van der Waals surface area (Å²) in [6, 6.07) is 7.37. The summed E-state index contributed by atoms with van der Waals surface area (Å²) in [5.41, 5.74) is 0.834. The Labute approximate surface area is 154 Å². The lowest BCUT2D eigenvalue weighted by Gasteiger charge is -2.25. The third-order valence-electron chi connectivity index (χ3n) is 4.17. The highest BCUT2D eigenvalue weighted by Gasteiger charge is 2.29. The fourth-order valence-electron chi connectivity index (χ4n) is 2.40. The van der Waals surface area contributed by atoms with Crippen LogP contribution in [0.5, 0.6) is 0 Å². The summed E-state index contributed by atoms with van der Waals surface area (Å²) >= 11 is 0. The number of hydrogen-bond donors (Lipinski definition) is 3. The summed E-state index contributed by atoms with van der Waals surface area (Å²) in [6.07, 6.45) is 0.879. The summed E-state index contributed by atoms with van der Waals surface area (Å²) in [4.78, 5) is 35.8. The number of carbonyl (C=O) groups is 3. The highest BCUT2D eigenvalue weighted by molar-refractivity contribution is 5.89. The first-order valence-electron chi connectivity index (χ1n) is 8.89. The molecule has 3 N–H and O–H groups in total. The molecule has 7 nitrogen and oxygen atoms in total. The average molecular weight is 364 g/mol. The lowest BCUT2D eigenvalue weighted by Crippen LogP contribution is -2.54. The fraction of sp³-hybridized carbons (Fsp3) is 0.526. The maximum Gasteiger partial charge on any atom is 0.408 e. The van der Waals surface area contributed by atoms with Crippen molar-refractivity contribution >= 4 is 18.0 Å². The molecule has 1 rings (SSSR count). The molecule has 0 saturated carbocycles. The molecule has 1 aromatic rings. The topological polar surface area (TPSA) is 105 Å². The molecule has 0 aromatic heterocycles. The van der Waals surface area contributed by atoms with Crippen LogP contribution in [0.3, 0.4) is 0 Å². The number of aliphatic carboxylic acids is 1. The van der Waals surface area contributed by atoms with Gasteiger partial charge in [0.2, 0.25) is 5.91 Å². The highest BCUT2D eigenvalue weighted by atomic mass is 16.5. The van der Waals surface area contributed by atoms with Gasteiger partial charge in [0, 0.05) is 0 Å². The lowest BCUT2D eigenvalue weighted by molar-refractivity contribution is -0.142. The molecule has 3 atom stereocenters. The van der Waals surface area contributed by atoms with Crippen molar-refractivity contribution in [2.75, 3.05) is 0 Å². The molecule has 0 bridgehead atoms. The number of alkyl carbamates (subject to hydrolysis) is 1. The van der Waals surface area contributed by atoms with E-state index in [1.165, 1.54) is 0 Å². The van der Waals surface area contributed by atoms with Crippen molar-refractivity contribution in [3.05, 3.63) is 35.9 Å². The second kappa shape index (κ2) is 11.1. The number of amides is 2. The number of hydrogen-bond acceptors (Lipinski definition) is 4. The van der Waals surface area contributed by atoms with Crippen molar-refractivity contribution in [1.82, 2.24) is 10.6 Å². The van der Waals surface area contributed by atoms with E-state index in [1.54, 1.807) is 0 Å². The molecule has 144 valence electrons. The summed E-state index contributed by atoms with van der Waals surface area (Å²) in [7, 11) is 0. The second-order valence-electron chi connectivity index (χ2n) is 6.26. The molecule has 1 aromatic carbocycles. The third-order valence-corrected chi connectivity index (χ3v) is 4.17. The first kappa shape index (κ1) is 21.5. The Morgan fingerprint density at radius 1 is 1.12 bits per heavy atom. The van der Waals surface area contributed by atoms with E-state index in [2.05, 4.69) is 10.6 Å². The summed E-state index contributed by atoms with van der Waals surface area (Å²) in [5.74, 6) is -1.78. The van der Waals surface area contributed by atoms with E-state index in [1.807, 2.05) is 51.1 Å². The number of carboxylic acids is 1. The minimum absolute atomic E-state index is 0.0924. The van der Waals surface area contributed by atoms with Crippen molar-refractivity contribution in [2.45, 2.75) is 58.7 Å². The van der Waals surface area contributed by atoms with E-state index in [0.29, 0.717) is 19.3 Å². The van der Waals surface area contributed by atoms with Gasteiger partial charge in [0.15, 0.2) is 0 Å². The quantitative estimate of drug-likeness (QED) is 0.592. The molecule has 0 aliphatic rings. The maximum atomic E-state index is 12.5. The Hall–Kier alpha value is -2.57. The first-order chi connectivity index (χ1) is 12.4. The fourth-order valence-corrected chi connectivity index (χ4v) is 2.40. The van der Waals surface area contributed by atoms with Crippen LogP contribution >= 0.6 is 0 Å². The smallest absolute Gasteiger partial charge is 0.408 e. The number of rotatable bonds is 10. The van der Waals surface area contributed by atoms with Crippen molar-refractivity contribution in [3.63, 3.8) is 0 Å². The van der Waals surface area contributed by atoms with Gasteiger partial charge < -0.3 is 20.5 Å². The lowest BCUT2D eigenvalue weighted by atomic mass is 9.98. The number of ether oxygens (including phenoxy) is 1. The Kier molecular flexibility index (Phi) is 9.19. The molecule has 3 unspecified atom stereocenters. The van der Waals surface area contributed by atoms with Crippen molar-refractivity contribution < 1.29 is 24.2 Å². The Bertz CT molecular complexity index is 591. The van der Waals surface area contributed by atoms with Crippen LogP contribution in [0.15, 0.2) is 30.3 Å². The van der Waals surface area contributed by atoms with Crippen LogP contribution in [0.2, 0.25) is 0 Å². The van der Waals surface area contributed by atoms with Crippen molar-refractivity contribution in [1.29, 1.82) is 0 Å². The summed E-state index contributed by atoms with van der Waals surface area (Å²) in [5, 5.41) is 14.3. The largest absolute Gasteiger partial charge is 0.480 e. The third kappa shape index (κ3) is 7.13. The number of carboxylic acid groups (broad SMARTS) is 1. The minimum atomic E-state index is -1.09. The van der Waals surface area contributed by atoms with Gasteiger partial charge in [0.25, 0.3) is 0 Å². The van der Waals surface area contributed by atoms with Crippen LogP contribution in [0.25, 0.3) is 0 Å². The van der Waals surface area contributed by atoms with E-state index in [9.17, 15) is 19.5 Å². The molecule has 0 aliphatic carbocycles.